The van der Waals surface area contributed by atoms with Crippen LogP contribution in [-0.4, -0.2) is 62.3 Å². The lowest BCUT2D eigenvalue weighted by Gasteiger charge is -2.33. The fourth-order valence-corrected chi connectivity index (χ4v) is 1.87. The smallest absolute Gasteiger partial charge is 0.0593 e. The zero-order valence-corrected chi connectivity index (χ0v) is 12.4. The monoisotopic (exact) mass is 244 g/mol. The van der Waals surface area contributed by atoms with Gasteiger partial charge in [-0.05, 0) is 13.0 Å². The molecule has 1 heterocycles. The molecule has 3 heteroatoms. The predicted octanol–water partition coefficient (Wildman–Crippen LogP) is 2.47. The van der Waals surface area contributed by atoms with E-state index in [0.717, 1.165) is 19.8 Å². The van der Waals surface area contributed by atoms with Crippen LogP contribution in [0.1, 0.15) is 40.5 Å². The molecule has 3 nitrogen and oxygen atoms in total. The maximum absolute atomic E-state index is 5.57. The van der Waals surface area contributed by atoms with Crippen LogP contribution in [0.15, 0.2) is 0 Å². The molecular weight excluding hydrogens is 212 g/mol. The Morgan fingerprint density at radius 2 is 1.47 bits per heavy atom. The number of unbranched alkanes of at least 4 members (excludes halogenated alkanes) is 1. The van der Waals surface area contributed by atoms with Gasteiger partial charge in [0, 0.05) is 39.3 Å². The van der Waals surface area contributed by atoms with Crippen LogP contribution < -0.4 is 0 Å². The quantitative estimate of drug-likeness (QED) is 0.640. The molecule has 1 aliphatic heterocycles. The second-order valence-electron chi connectivity index (χ2n) is 4.24. The van der Waals surface area contributed by atoms with Gasteiger partial charge >= 0.3 is 0 Å². The van der Waals surface area contributed by atoms with E-state index in [4.69, 9.17) is 4.74 Å². The van der Waals surface area contributed by atoms with E-state index in [0.29, 0.717) is 0 Å². The van der Waals surface area contributed by atoms with Crippen molar-refractivity contribution in [2.45, 2.75) is 40.5 Å². The maximum atomic E-state index is 5.57. The van der Waals surface area contributed by atoms with Gasteiger partial charge < -0.3 is 9.64 Å². The van der Waals surface area contributed by atoms with Gasteiger partial charge in [-0.3, -0.25) is 4.90 Å². The molecule has 0 N–H and O–H groups in total. The van der Waals surface area contributed by atoms with Gasteiger partial charge in [0.25, 0.3) is 0 Å². The average molecular weight is 244 g/mol. The normalized spacial score (nSPS) is 17.6. The highest BCUT2D eigenvalue weighted by Gasteiger charge is 2.14. The van der Waals surface area contributed by atoms with Gasteiger partial charge in [-0.1, -0.05) is 34.1 Å². The summed E-state index contributed by atoms with van der Waals surface area (Å²) >= 11 is 0. The van der Waals surface area contributed by atoms with Crippen LogP contribution in [0.3, 0.4) is 0 Å². The molecule has 1 aliphatic rings. The van der Waals surface area contributed by atoms with E-state index in [2.05, 4.69) is 23.6 Å². The largest absolute Gasteiger partial charge is 0.380 e. The average Bonchev–Trinajstić information content (AvgIpc) is 2.41. The highest BCUT2D eigenvalue weighted by atomic mass is 16.5. The Labute approximate surface area is 108 Å². The Morgan fingerprint density at radius 3 is 2.00 bits per heavy atom. The van der Waals surface area contributed by atoms with Gasteiger partial charge in [0.05, 0.1) is 6.61 Å². The number of nitrogens with zero attached hydrogens (tertiary/aromatic N) is 2. The lowest BCUT2D eigenvalue weighted by Crippen LogP contribution is -2.47. The molecule has 0 amide bonds. The van der Waals surface area contributed by atoms with Crippen LogP contribution in [0, 0.1) is 0 Å². The summed E-state index contributed by atoms with van der Waals surface area (Å²) in [5.41, 5.74) is 0. The number of piperazine rings is 1. The fraction of sp³-hybridized carbons (Fsp3) is 1.00. The number of hydrogen-bond donors (Lipinski definition) is 0. The van der Waals surface area contributed by atoms with Gasteiger partial charge in [-0.25, -0.2) is 0 Å². The number of hydrogen-bond acceptors (Lipinski definition) is 3. The van der Waals surface area contributed by atoms with Crippen LogP contribution in [0.4, 0.5) is 0 Å². The third-order valence-electron chi connectivity index (χ3n) is 3.11. The number of rotatable bonds is 7. The Kier molecular flexibility index (Phi) is 12.3. The van der Waals surface area contributed by atoms with E-state index in [1.807, 2.05) is 13.8 Å². The topological polar surface area (TPSA) is 15.7 Å². The molecule has 104 valence electrons. The van der Waals surface area contributed by atoms with Crippen molar-refractivity contribution < 1.29 is 4.74 Å². The molecule has 0 aromatic carbocycles. The first-order valence-electron chi connectivity index (χ1n) is 7.39. The molecule has 0 atom stereocenters. The SMILES string of the molecule is CC.CCCCOCCN1CCN(CC)CC1. The Bertz CT molecular complexity index is 145. The Hall–Kier alpha value is -0.120. The molecule has 17 heavy (non-hydrogen) atoms. The number of likely N-dealkylation sites (N-methyl/N-ethyl adjacent to an activating group) is 1. The van der Waals surface area contributed by atoms with Gasteiger partial charge in [-0.2, -0.15) is 0 Å². The van der Waals surface area contributed by atoms with E-state index >= 15 is 0 Å². The highest BCUT2D eigenvalue weighted by Crippen LogP contribution is 2.00. The van der Waals surface area contributed by atoms with Crippen molar-refractivity contribution in [2.75, 3.05) is 52.5 Å². The lowest BCUT2D eigenvalue weighted by atomic mass is 10.3. The summed E-state index contributed by atoms with van der Waals surface area (Å²) in [6.07, 6.45) is 2.43. The summed E-state index contributed by atoms with van der Waals surface area (Å²) < 4.78 is 5.57. The Balaban J connectivity index is 0.00000121. The van der Waals surface area contributed by atoms with Gasteiger partial charge in [0.1, 0.15) is 0 Å². The van der Waals surface area contributed by atoms with Crippen molar-refractivity contribution in [3.63, 3.8) is 0 Å². The van der Waals surface area contributed by atoms with Gasteiger partial charge in [-0.15, -0.1) is 0 Å². The van der Waals surface area contributed by atoms with Crippen molar-refractivity contribution in [3.8, 4) is 0 Å². The van der Waals surface area contributed by atoms with E-state index in [-0.39, 0.29) is 0 Å². The fourth-order valence-electron chi connectivity index (χ4n) is 1.87. The van der Waals surface area contributed by atoms with Crippen LogP contribution >= 0.6 is 0 Å². The third kappa shape index (κ3) is 8.58. The molecule has 0 aliphatic carbocycles. The zero-order chi connectivity index (χ0) is 12.9. The molecule has 1 rings (SSSR count). The van der Waals surface area contributed by atoms with Crippen LogP contribution in [0.2, 0.25) is 0 Å². The van der Waals surface area contributed by atoms with E-state index < -0.39 is 0 Å². The first-order chi connectivity index (χ1) is 8.36. The molecular formula is C14H32N2O. The maximum Gasteiger partial charge on any atom is 0.0593 e. The summed E-state index contributed by atoms with van der Waals surface area (Å²) in [4.78, 5) is 5.02. The lowest BCUT2D eigenvalue weighted by molar-refractivity contribution is 0.0759. The van der Waals surface area contributed by atoms with Gasteiger partial charge in [0.2, 0.25) is 0 Å². The minimum absolute atomic E-state index is 0.909. The van der Waals surface area contributed by atoms with Crippen LogP contribution in [0.5, 0.6) is 0 Å². The first kappa shape index (κ1) is 16.9. The molecule has 0 unspecified atom stereocenters. The highest BCUT2D eigenvalue weighted by molar-refractivity contribution is 4.70. The summed E-state index contributed by atoms with van der Waals surface area (Å²) in [6, 6.07) is 0. The van der Waals surface area contributed by atoms with E-state index in [9.17, 15) is 0 Å². The molecule has 0 radical (unpaired) electrons. The van der Waals surface area contributed by atoms with Crippen molar-refractivity contribution >= 4 is 0 Å². The summed E-state index contributed by atoms with van der Waals surface area (Å²) in [5, 5.41) is 0. The Morgan fingerprint density at radius 1 is 0.882 bits per heavy atom. The first-order valence-corrected chi connectivity index (χ1v) is 7.39. The van der Waals surface area contributed by atoms with Crippen LogP contribution in [-0.2, 0) is 4.74 Å². The minimum Gasteiger partial charge on any atom is -0.380 e. The second-order valence-corrected chi connectivity index (χ2v) is 4.24. The molecule has 0 spiro atoms. The molecule has 0 saturated carbocycles. The third-order valence-corrected chi connectivity index (χ3v) is 3.11. The summed E-state index contributed by atoms with van der Waals surface area (Å²) in [7, 11) is 0. The van der Waals surface area contributed by atoms with Crippen molar-refractivity contribution in [1.82, 2.24) is 9.80 Å². The number of ether oxygens (including phenoxy) is 1. The van der Waals surface area contributed by atoms with Crippen molar-refractivity contribution in [1.29, 1.82) is 0 Å². The second kappa shape index (κ2) is 12.3. The summed E-state index contributed by atoms with van der Waals surface area (Å²) in [5.74, 6) is 0. The predicted molar refractivity (Wildman–Crippen MR) is 75.6 cm³/mol. The van der Waals surface area contributed by atoms with Gasteiger partial charge in [0.15, 0.2) is 0 Å². The summed E-state index contributed by atoms with van der Waals surface area (Å²) in [6.45, 7) is 17.5. The van der Waals surface area contributed by atoms with E-state index in [1.54, 1.807) is 0 Å². The standard InChI is InChI=1S/C12H26N2O.C2H6/c1-3-5-11-15-12-10-14-8-6-13(4-2)7-9-14;1-2/h3-12H2,1-2H3;1-2H3. The minimum atomic E-state index is 0.909. The van der Waals surface area contributed by atoms with Crippen LogP contribution in [0.25, 0.3) is 0 Å². The molecule has 0 bridgehead atoms. The zero-order valence-electron chi connectivity index (χ0n) is 12.4. The van der Waals surface area contributed by atoms with Crippen molar-refractivity contribution in [3.05, 3.63) is 0 Å². The molecule has 1 saturated heterocycles. The molecule has 0 aromatic heterocycles. The van der Waals surface area contributed by atoms with Crippen molar-refractivity contribution in [2.24, 2.45) is 0 Å². The molecule has 0 aromatic rings. The molecule has 1 fully saturated rings. The van der Waals surface area contributed by atoms with E-state index in [1.165, 1.54) is 45.6 Å².